The van der Waals surface area contributed by atoms with Gasteiger partial charge in [-0.3, -0.25) is 0 Å². The minimum absolute atomic E-state index is 0.289. The smallest absolute Gasteiger partial charge is 0.335 e. The molecule has 1 aliphatic carbocycles. The van der Waals surface area contributed by atoms with E-state index in [0.717, 1.165) is 29.9 Å². The molecule has 0 saturated heterocycles. The lowest BCUT2D eigenvalue weighted by Crippen LogP contribution is -2.04. The van der Waals surface area contributed by atoms with Crippen LogP contribution in [0.15, 0.2) is 18.2 Å². The highest BCUT2D eigenvalue weighted by Crippen LogP contribution is 2.28. The average Bonchev–Trinajstić information content (AvgIpc) is 3.08. The Bertz CT molecular complexity index is 615. The minimum atomic E-state index is -0.911. The van der Waals surface area contributed by atoms with Crippen LogP contribution in [0.5, 0.6) is 0 Å². The number of fused-ring (bicyclic) bond motifs is 1. The molecule has 1 saturated carbocycles. The van der Waals surface area contributed by atoms with Gasteiger partial charge in [-0.05, 0) is 37.0 Å². The van der Waals surface area contributed by atoms with Crippen LogP contribution >= 0.6 is 0 Å². The number of carboxylic acid groups (broad SMARTS) is 1. The third-order valence-corrected chi connectivity index (χ3v) is 4.22. The summed E-state index contributed by atoms with van der Waals surface area (Å²) in [5.41, 5.74) is 1.86. The van der Waals surface area contributed by atoms with Gasteiger partial charge in [0.1, 0.15) is 5.52 Å². The number of rotatable bonds is 5. The number of hydrogen-bond acceptors (Lipinski definition) is 3. The fourth-order valence-corrected chi connectivity index (χ4v) is 3.09. The van der Waals surface area contributed by atoms with Crippen LogP contribution < -0.4 is 0 Å². The second-order valence-electron chi connectivity index (χ2n) is 5.61. The first kappa shape index (κ1) is 13.1. The Hall–Kier alpha value is -1.91. The molecule has 0 atom stereocenters. The van der Waals surface area contributed by atoms with E-state index in [9.17, 15) is 4.79 Å². The molecule has 106 valence electrons. The molecular formula is C15H19N3O2. The first-order valence-electron chi connectivity index (χ1n) is 7.30. The van der Waals surface area contributed by atoms with Crippen LogP contribution in [0.25, 0.3) is 11.0 Å². The lowest BCUT2D eigenvalue weighted by atomic mass is 10.0. The van der Waals surface area contributed by atoms with Crippen molar-refractivity contribution >= 4 is 17.0 Å². The van der Waals surface area contributed by atoms with Crippen LogP contribution in [0.4, 0.5) is 0 Å². The summed E-state index contributed by atoms with van der Waals surface area (Å²) in [6.07, 6.45) is 7.79. The van der Waals surface area contributed by atoms with Gasteiger partial charge in [0.15, 0.2) is 0 Å². The Balaban J connectivity index is 1.70. The van der Waals surface area contributed by atoms with Crippen molar-refractivity contribution in [2.24, 2.45) is 5.92 Å². The van der Waals surface area contributed by atoms with Crippen molar-refractivity contribution in [1.29, 1.82) is 0 Å². The second kappa shape index (κ2) is 5.61. The van der Waals surface area contributed by atoms with Crippen molar-refractivity contribution in [3.63, 3.8) is 0 Å². The van der Waals surface area contributed by atoms with E-state index in [1.165, 1.54) is 32.1 Å². The number of aryl methyl sites for hydroxylation is 1. The summed E-state index contributed by atoms with van der Waals surface area (Å²) >= 11 is 0. The first-order valence-corrected chi connectivity index (χ1v) is 7.30. The molecule has 1 aliphatic rings. The second-order valence-corrected chi connectivity index (χ2v) is 5.61. The van der Waals surface area contributed by atoms with Gasteiger partial charge in [-0.2, -0.15) is 0 Å². The molecule has 0 bridgehead atoms. The van der Waals surface area contributed by atoms with Crippen LogP contribution in [-0.2, 0) is 6.54 Å². The third kappa shape index (κ3) is 2.66. The van der Waals surface area contributed by atoms with Crippen molar-refractivity contribution in [3.05, 3.63) is 23.8 Å². The molecule has 1 aromatic carbocycles. The van der Waals surface area contributed by atoms with E-state index < -0.39 is 5.97 Å². The Morgan fingerprint density at radius 3 is 2.90 bits per heavy atom. The molecule has 0 aliphatic heterocycles. The maximum atomic E-state index is 11.0. The molecule has 1 fully saturated rings. The molecule has 1 N–H and O–H groups in total. The fourth-order valence-electron chi connectivity index (χ4n) is 3.09. The van der Waals surface area contributed by atoms with E-state index in [-0.39, 0.29) is 5.56 Å². The average molecular weight is 273 g/mol. The van der Waals surface area contributed by atoms with Gasteiger partial charge in [0.2, 0.25) is 0 Å². The maximum absolute atomic E-state index is 11.0. The standard InChI is InChI=1S/C15H19N3O2/c19-15(20)12-7-8-13-14(10-12)18(17-16-13)9-3-6-11-4-1-2-5-11/h7-8,10-11H,1-6,9H2,(H,19,20). The van der Waals surface area contributed by atoms with Gasteiger partial charge in [0.05, 0.1) is 11.1 Å². The molecule has 0 unspecified atom stereocenters. The van der Waals surface area contributed by atoms with E-state index >= 15 is 0 Å². The highest BCUT2D eigenvalue weighted by molar-refractivity contribution is 5.92. The van der Waals surface area contributed by atoms with Crippen molar-refractivity contribution in [2.75, 3.05) is 0 Å². The summed E-state index contributed by atoms with van der Waals surface area (Å²) in [6.45, 7) is 0.816. The van der Waals surface area contributed by atoms with Crippen LogP contribution in [0, 0.1) is 5.92 Å². The molecule has 3 rings (SSSR count). The van der Waals surface area contributed by atoms with Crippen molar-refractivity contribution in [2.45, 2.75) is 45.1 Å². The summed E-state index contributed by atoms with van der Waals surface area (Å²) in [4.78, 5) is 11.0. The predicted molar refractivity (Wildman–Crippen MR) is 75.7 cm³/mol. The van der Waals surface area contributed by atoms with Crippen molar-refractivity contribution in [3.8, 4) is 0 Å². The number of benzene rings is 1. The van der Waals surface area contributed by atoms with Gasteiger partial charge in [0.25, 0.3) is 0 Å². The number of aromatic carboxylic acids is 1. The summed E-state index contributed by atoms with van der Waals surface area (Å²) < 4.78 is 1.83. The predicted octanol–water partition coefficient (Wildman–Crippen LogP) is 3.10. The Morgan fingerprint density at radius 2 is 2.15 bits per heavy atom. The van der Waals surface area contributed by atoms with E-state index in [2.05, 4.69) is 10.3 Å². The zero-order chi connectivity index (χ0) is 13.9. The van der Waals surface area contributed by atoms with Gasteiger partial charge >= 0.3 is 5.97 Å². The fraction of sp³-hybridized carbons (Fsp3) is 0.533. The SMILES string of the molecule is O=C(O)c1ccc2nnn(CCCC3CCCC3)c2c1. The normalized spacial score (nSPS) is 16.0. The molecule has 2 aromatic rings. The molecule has 5 nitrogen and oxygen atoms in total. The van der Waals surface area contributed by atoms with Gasteiger partial charge in [-0.1, -0.05) is 30.9 Å². The maximum Gasteiger partial charge on any atom is 0.335 e. The molecule has 0 spiro atoms. The molecule has 5 heteroatoms. The van der Waals surface area contributed by atoms with E-state index in [0.29, 0.717) is 0 Å². The van der Waals surface area contributed by atoms with Crippen molar-refractivity contribution in [1.82, 2.24) is 15.0 Å². The quantitative estimate of drug-likeness (QED) is 0.909. The number of nitrogens with zero attached hydrogens (tertiary/aromatic N) is 3. The topological polar surface area (TPSA) is 68.0 Å². The van der Waals surface area contributed by atoms with Gasteiger partial charge < -0.3 is 5.11 Å². The molecule has 0 radical (unpaired) electrons. The van der Waals surface area contributed by atoms with E-state index in [4.69, 9.17) is 5.11 Å². The van der Waals surface area contributed by atoms with Gasteiger partial charge in [-0.25, -0.2) is 9.48 Å². The highest BCUT2D eigenvalue weighted by atomic mass is 16.4. The summed E-state index contributed by atoms with van der Waals surface area (Å²) in [5.74, 6) is -0.0371. The minimum Gasteiger partial charge on any atom is -0.478 e. The Kier molecular flexibility index (Phi) is 3.67. The van der Waals surface area contributed by atoms with Crippen molar-refractivity contribution < 1.29 is 9.90 Å². The number of carbonyl (C=O) groups is 1. The van der Waals surface area contributed by atoms with E-state index in [1.54, 1.807) is 18.2 Å². The molecule has 1 heterocycles. The summed E-state index contributed by atoms with van der Waals surface area (Å²) in [5, 5.41) is 17.3. The highest BCUT2D eigenvalue weighted by Gasteiger charge is 2.15. The van der Waals surface area contributed by atoms with Crippen LogP contribution in [-0.4, -0.2) is 26.1 Å². The van der Waals surface area contributed by atoms with Crippen LogP contribution in [0.1, 0.15) is 48.9 Å². The third-order valence-electron chi connectivity index (χ3n) is 4.22. The Labute approximate surface area is 117 Å². The summed E-state index contributed by atoms with van der Waals surface area (Å²) in [6, 6.07) is 4.95. The van der Waals surface area contributed by atoms with Gasteiger partial charge in [-0.15, -0.1) is 5.10 Å². The molecular weight excluding hydrogens is 254 g/mol. The lowest BCUT2D eigenvalue weighted by molar-refractivity contribution is 0.0697. The summed E-state index contributed by atoms with van der Waals surface area (Å²) in [7, 11) is 0. The molecule has 0 amide bonds. The largest absolute Gasteiger partial charge is 0.478 e. The van der Waals surface area contributed by atoms with Crippen LogP contribution in [0.2, 0.25) is 0 Å². The number of aromatic nitrogens is 3. The lowest BCUT2D eigenvalue weighted by Gasteiger charge is -2.08. The van der Waals surface area contributed by atoms with Crippen LogP contribution in [0.3, 0.4) is 0 Å². The zero-order valence-electron chi connectivity index (χ0n) is 11.5. The Morgan fingerprint density at radius 1 is 1.35 bits per heavy atom. The molecule has 20 heavy (non-hydrogen) atoms. The first-order chi connectivity index (χ1) is 9.74. The monoisotopic (exact) mass is 273 g/mol. The molecule has 1 aromatic heterocycles. The van der Waals surface area contributed by atoms with Gasteiger partial charge in [0, 0.05) is 6.54 Å². The number of carboxylic acids is 1. The zero-order valence-corrected chi connectivity index (χ0v) is 11.5. The number of hydrogen-bond donors (Lipinski definition) is 1. The van der Waals surface area contributed by atoms with E-state index in [1.807, 2.05) is 4.68 Å².